The first-order valence-electron chi connectivity index (χ1n) is 9.03. The lowest BCUT2D eigenvalue weighted by Crippen LogP contribution is -2.22. The lowest BCUT2D eigenvalue weighted by Gasteiger charge is -2.18. The standard InChI is InChI=1S/C21H15ClN2O5S/c1-27-17-7-11(6-13(22)19(17)25)8-18-20(26)24-10-14(23-21(24)30-18)12-2-3-15-16(9-12)29-5-4-28-15/h2-3,6-10,25H,4-5H2,1H3. The van der Waals surface area contributed by atoms with Gasteiger partial charge in [-0.05, 0) is 42.0 Å². The Morgan fingerprint density at radius 1 is 1.23 bits per heavy atom. The SMILES string of the molecule is COc1cc(C=c2sc3nc(-c4ccc5c(c4)OCCO5)cn3c2=O)cc(Cl)c1O. The molecule has 0 bridgehead atoms. The molecule has 1 N–H and O–H groups in total. The highest BCUT2D eigenvalue weighted by Crippen LogP contribution is 2.35. The smallest absolute Gasteiger partial charge is 0.274 e. The molecule has 0 fully saturated rings. The second-order valence-corrected chi connectivity index (χ2v) is 8.02. The van der Waals surface area contributed by atoms with Crippen molar-refractivity contribution in [2.45, 2.75) is 0 Å². The van der Waals surface area contributed by atoms with Crippen molar-refractivity contribution < 1.29 is 19.3 Å². The molecule has 4 aromatic rings. The molecule has 2 aromatic carbocycles. The van der Waals surface area contributed by atoms with E-state index in [0.717, 1.165) is 5.56 Å². The van der Waals surface area contributed by atoms with E-state index in [9.17, 15) is 9.90 Å². The van der Waals surface area contributed by atoms with Crippen LogP contribution in [-0.4, -0.2) is 34.8 Å². The molecule has 0 spiro atoms. The van der Waals surface area contributed by atoms with Gasteiger partial charge >= 0.3 is 0 Å². The van der Waals surface area contributed by atoms with Gasteiger partial charge in [-0.3, -0.25) is 9.20 Å². The van der Waals surface area contributed by atoms with Crippen molar-refractivity contribution >= 4 is 34.0 Å². The topological polar surface area (TPSA) is 82.3 Å². The number of imidazole rings is 1. The Hall–Kier alpha value is -3.23. The van der Waals surface area contributed by atoms with Crippen molar-refractivity contribution in [2.24, 2.45) is 0 Å². The van der Waals surface area contributed by atoms with Crippen LogP contribution in [0.25, 0.3) is 22.3 Å². The van der Waals surface area contributed by atoms with Crippen LogP contribution in [0.15, 0.2) is 41.3 Å². The normalized spacial score (nSPS) is 13.7. The summed E-state index contributed by atoms with van der Waals surface area (Å²) >= 11 is 7.31. The lowest BCUT2D eigenvalue weighted by molar-refractivity contribution is 0.171. The molecule has 0 amide bonds. The summed E-state index contributed by atoms with van der Waals surface area (Å²) < 4.78 is 18.3. The molecule has 152 valence electrons. The zero-order valence-corrected chi connectivity index (χ0v) is 17.3. The Labute approximate surface area is 179 Å². The second-order valence-electron chi connectivity index (χ2n) is 6.61. The van der Waals surface area contributed by atoms with E-state index in [1.165, 1.54) is 22.8 Å². The van der Waals surface area contributed by atoms with E-state index >= 15 is 0 Å². The fourth-order valence-corrected chi connectivity index (χ4v) is 4.43. The number of halogens is 1. The van der Waals surface area contributed by atoms with E-state index < -0.39 is 0 Å². The molecule has 30 heavy (non-hydrogen) atoms. The molecule has 1 aliphatic heterocycles. The lowest BCUT2D eigenvalue weighted by atomic mass is 10.1. The fourth-order valence-electron chi connectivity index (χ4n) is 3.26. The second kappa shape index (κ2) is 7.23. The number of aromatic nitrogens is 2. The van der Waals surface area contributed by atoms with Gasteiger partial charge in [-0.25, -0.2) is 4.98 Å². The van der Waals surface area contributed by atoms with Crippen LogP contribution in [0.5, 0.6) is 23.0 Å². The number of methoxy groups -OCH3 is 1. The van der Waals surface area contributed by atoms with Gasteiger partial charge in [0, 0.05) is 11.8 Å². The van der Waals surface area contributed by atoms with Gasteiger partial charge in [-0.15, -0.1) is 0 Å². The van der Waals surface area contributed by atoms with Crippen LogP contribution in [0.1, 0.15) is 5.56 Å². The monoisotopic (exact) mass is 442 g/mol. The van der Waals surface area contributed by atoms with Crippen molar-refractivity contribution in [1.82, 2.24) is 9.38 Å². The largest absolute Gasteiger partial charge is 0.503 e. The molecule has 9 heteroatoms. The van der Waals surface area contributed by atoms with Gasteiger partial charge in [0.1, 0.15) is 13.2 Å². The van der Waals surface area contributed by atoms with Crippen LogP contribution in [0, 0.1) is 0 Å². The van der Waals surface area contributed by atoms with Crippen LogP contribution in [0.3, 0.4) is 0 Å². The van der Waals surface area contributed by atoms with Gasteiger partial charge in [0.05, 0.1) is 22.4 Å². The van der Waals surface area contributed by atoms with Gasteiger partial charge in [-0.2, -0.15) is 0 Å². The van der Waals surface area contributed by atoms with E-state index in [-0.39, 0.29) is 22.1 Å². The van der Waals surface area contributed by atoms with Crippen LogP contribution >= 0.6 is 22.9 Å². The van der Waals surface area contributed by atoms with Crippen molar-refractivity contribution in [3.05, 3.63) is 62.0 Å². The first kappa shape index (κ1) is 18.8. The van der Waals surface area contributed by atoms with E-state index in [1.54, 1.807) is 24.4 Å². The minimum atomic E-state index is -0.186. The van der Waals surface area contributed by atoms with Crippen molar-refractivity contribution in [3.63, 3.8) is 0 Å². The zero-order chi connectivity index (χ0) is 20.8. The Morgan fingerprint density at radius 2 is 2.03 bits per heavy atom. The first-order valence-corrected chi connectivity index (χ1v) is 10.2. The number of nitrogens with zero attached hydrogens (tertiary/aromatic N) is 2. The highest BCUT2D eigenvalue weighted by Gasteiger charge is 2.16. The molecule has 3 heterocycles. The van der Waals surface area contributed by atoms with Crippen LogP contribution in [0.2, 0.25) is 5.02 Å². The predicted octanol–water partition coefficient (Wildman–Crippen LogP) is 3.11. The molecule has 0 unspecified atom stereocenters. The highest BCUT2D eigenvalue weighted by molar-refractivity contribution is 7.15. The third-order valence-corrected chi connectivity index (χ3v) is 5.98. The minimum absolute atomic E-state index is 0.135. The summed E-state index contributed by atoms with van der Waals surface area (Å²) in [5, 5.41) is 10.0. The number of fused-ring (bicyclic) bond motifs is 2. The summed E-state index contributed by atoms with van der Waals surface area (Å²) in [6.45, 7) is 1.04. The molecule has 0 atom stereocenters. The number of rotatable bonds is 3. The third kappa shape index (κ3) is 3.14. The first-order chi connectivity index (χ1) is 14.5. The maximum Gasteiger partial charge on any atom is 0.274 e. The summed E-state index contributed by atoms with van der Waals surface area (Å²) in [5.41, 5.74) is 1.98. The molecule has 0 saturated heterocycles. The molecule has 1 aliphatic rings. The molecule has 0 radical (unpaired) electrons. The summed E-state index contributed by atoms with van der Waals surface area (Å²) in [6, 6.07) is 8.79. The van der Waals surface area contributed by atoms with Crippen molar-refractivity contribution in [3.8, 4) is 34.3 Å². The van der Waals surface area contributed by atoms with E-state index in [0.29, 0.717) is 45.5 Å². The zero-order valence-electron chi connectivity index (χ0n) is 15.7. The predicted molar refractivity (Wildman–Crippen MR) is 114 cm³/mol. The van der Waals surface area contributed by atoms with E-state index in [1.807, 2.05) is 18.2 Å². The van der Waals surface area contributed by atoms with Crippen molar-refractivity contribution in [2.75, 3.05) is 20.3 Å². The third-order valence-electron chi connectivity index (χ3n) is 4.71. The summed E-state index contributed by atoms with van der Waals surface area (Å²) in [6.07, 6.45) is 3.40. The quantitative estimate of drug-likeness (QED) is 0.525. The van der Waals surface area contributed by atoms with Gasteiger partial charge in [0.15, 0.2) is 28.0 Å². The number of aromatic hydroxyl groups is 1. The number of thiazole rings is 1. The van der Waals surface area contributed by atoms with Gasteiger partial charge in [0.25, 0.3) is 5.56 Å². The van der Waals surface area contributed by atoms with E-state index in [4.69, 9.17) is 25.8 Å². The average molecular weight is 443 g/mol. The number of hydrogen-bond acceptors (Lipinski definition) is 7. The summed E-state index contributed by atoms with van der Waals surface area (Å²) in [7, 11) is 1.44. The molecule has 0 aliphatic carbocycles. The average Bonchev–Trinajstić information content (AvgIpc) is 3.29. The number of ether oxygens (including phenoxy) is 3. The molecular weight excluding hydrogens is 428 g/mol. The maximum atomic E-state index is 12.9. The molecule has 0 saturated carbocycles. The Balaban J connectivity index is 1.56. The van der Waals surface area contributed by atoms with Gasteiger partial charge in [0.2, 0.25) is 0 Å². The van der Waals surface area contributed by atoms with Crippen molar-refractivity contribution in [1.29, 1.82) is 0 Å². The number of hydrogen-bond donors (Lipinski definition) is 1. The minimum Gasteiger partial charge on any atom is -0.503 e. The number of phenols is 1. The number of benzene rings is 2. The molecule has 2 aromatic heterocycles. The molecular formula is C21H15ClN2O5S. The Kier molecular flexibility index (Phi) is 4.52. The highest BCUT2D eigenvalue weighted by atomic mass is 35.5. The summed E-state index contributed by atoms with van der Waals surface area (Å²) in [4.78, 5) is 18.0. The summed E-state index contributed by atoms with van der Waals surface area (Å²) in [5.74, 6) is 1.48. The molecule has 7 nitrogen and oxygen atoms in total. The van der Waals surface area contributed by atoms with Crippen LogP contribution in [-0.2, 0) is 0 Å². The fraction of sp³-hybridized carbons (Fsp3) is 0.143. The molecule has 5 rings (SSSR count). The van der Waals surface area contributed by atoms with E-state index in [2.05, 4.69) is 4.98 Å². The van der Waals surface area contributed by atoms with Crippen LogP contribution < -0.4 is 24.3 Å². The van der Waals surface area contributed by atoms with Crippen LogP contribution in [0.4, 0.5) is 0 Å². The van der Waals surface area contributed by atoms with Gasteiger partial charge in [-0.1, -0.05) is 22.9 Å². The Bertz CT molecular complexity index is 1390. The maximum absolute atomic E-state index is 12.9. The number of phenolic OH excluding ortho intramolecular Hbond substituents is 1. The Morgan fingerprint density at radius 3 is 2.80 bits per heavy atom. The van der Waals surface area contributed by atoms with Gasteiger partial charge < -0.3 is 19.3 Å².